The van der Waals surface area contributed by atoms with E-state index in [0.717, 1.165) is 37.8 Å². The average Bonchev–Trinajstić information content (AvgIpc) is 2.60. The van der Waals surface area contributed by atoms with Gasteiger partial charge in [0.25, 0.3) is 0 Å². The van der Waals surface area contributed by atoms with Gasteiger partial charge in [-0.25, -0.2) is 0 Å². The number of benzene rings is 1. The van der Waals surface area contributed by atoms with Crippen molar-refractivity contribution in [1.29, 1.82) is 0 Å². The van der Waals surface area contributed by atoms with E-state index >= 15 is 0 Å². The van der Waals surface area contributed by atoms with Gasteiger partial charge in [0.1, 0.15) is 18.5 Å². The van der Waals surface area contributed by atoms with Crippen molar-refractivity contribution in [2.24, 2.45) is 5.92 Å². The molecule has 3 nitrogen and oxygen atoms in total. The monoisotopic (exact) mass is 353 g/mol. The molecule has 1 aromatic rings. The van der Waals surface area contributed by atoms with Crippen LogP contribution in [0.3, 0.4) is 0 Å². The van der Waals surface area contributed by atoms with Gasteiger partial charge in [-0.3, -0.25) is 0 Å². The lowest BCUT2D eigenvalue weighted by molar-refractivity contribution is -0.0404. The van der Waals surface area contributed by atoms with Crippen LogP contribution in [0.2, 0.25) is 0 Å². The highest BCUT2D eigenvalue weighted by Crippen LogP contribution is 2.29. The molecular formula is C20H32ClNO2. The van der Waals surface area contributed by atoms with Crippen molar-refractivity contribution < 1.29 is 9.47 Å². The maximum atomic E-state index is 6.11. The molecule has 1 aliphatic carbocycles. The topological polar surface area (TPSA) is 21.7 Å². The Morgan fingerprint density at radius 3 is 2.75 bits per heavy atom. The second kappa shape index (κ2) is 10.3. The first kappa shape index (κ1) is 19.6. The maximum absolute atomic E-state index is 6.11. The van der Waals surface area contributed by atoms with Gasteiger partial charge in [0, 0.05) is 13.1 Å². The van der Waals surface area contributed by atoms with Crippen LogP contribution in [0.5, 0.6) is 5.75 Å². The molecule has 4 heteroatoms. The van der Waals surface area contributed by atoms with Crippen molar-refractivity contribution in [2.75, 3.05) is 33.4 Å². The van der Waals surface area contributed by atoms with E-state index in [9.17, 15) is 0 Å². The number of aryl methyl sites for hydroxylation is 1. The molecule has 0 bridgehead atoms. The Labute approximate surface area is 153 Å². The largest absolute Gasteiger partial charge is 0.491 e. The zero-order chi connectivity index (χ0) is 15.9. The predicted octanol–water partition coefficient (Wildman–Crippen LogP) is 4.33. The molecule has 0 aromatic heterocycles. The summed E-state index contributed by atoms with van der Waals surface area (Å²) in [5.74, 6) is 1.98. The maximum Gasteiger partial charge on any atom is 0.122 e. The van der Waals surface area contributed by atoms with Gasteiger partial charge in [-0.15, -0.1) is 12.4 Å². The van der Waals surface area contributed by atoms with E-state index in [2.05, 4.69) is 36.2 Å². The number of morpholine rings is 1. The third-order valence-corrected chi connectivity index (χ3v) is 5.29. The first-order valence-electron chi connectivity index (χ1n) is 9.32. The summed E-state index contributed by atoms with van der Waals surface area (Å²) in [5.41, 5.74) is 1.36. The van der Waals surface area contributed by atoms with Gasteiger partial charge in [-0.1, -0.05) is 50.3 Å². The van der Waals surface area contributed by atoms with E-state index in [-0.39, 0.29) is 18.5 Å². The lowest BCUT2D eigenvalue weighted by Gasteiger charge is -2.30. The fraction of sp³-hybridized carbons (Fsp3) is 0.700. The van der Waals surface area contributed by atoms with Gasteiger partial charge >= 0.3 is 0 Å². The molecule has 1 saturated carbocycles. The molecule has 1 atom stereocenters. The highest BCUT2D eigenvalue weighted by molar-refractivity contribution is 5.85. The van der Waals surface area contributed by atoms with Crippen LogP contribution in [0.4, 0.5) is 0 Å². The van der Waals surface area contributed by atoms with Crippen molar-refractivity contribution >= 4 is 12.4 Å². The fourth-order valence-corrected chi connectivity index (χ4v) is 3.84. The van der Waals surface area contributed by atoms with Crippen LogP contribution >= 0.6 is 12.4 Å². The molecule has 136 valence electrons. The number of halogens is 1. The van der Waals surface area contributed by atoms with Gasteiger partial charge in [-0.05, 0) is 37.4 Å². The standard InChI is InChI=1S/C20H31NO2.ClH/c1-21-13-14-22-19(15-21)16-23-20-10-6-5-9-18(20)12-11-17-7-3-2-4-8-17;/h5-6,9-10,17,19H,2-4,7-8,11-16H2,1H3;1H. The lowest BCUT2D eigenvalue weighted by Crippen LogP contribution is -2.42. The molecule has 1 aromatic carbocycles. The van der Waals surface area contributed by atoms with Crippen LogP contribution < -0.4 is 4.74 Å². The second-order valence-corrected chi connectivity index (χ2v) is 7.22. The number of hydrogen-bond donors (Lipinski definition) is 0. The molecule has 3 rings (SSSR count). The lowest BCUT2D eigenvalue weighted by atomic mass is 9.85. The van der Waals surface area contributed by atoms with Crippen LogP contribution in [0.1, 0.15) is 44.1 Å². The van der Waals surface area contributed by atoms with Gasteiger partial charge in [0.05, 0.1) is 6.61 Å². The van der Waals surface area contributed by atoms with Crippen molar-refractivity contribution in [3.8, 4) is 5.75 Å². The first-order valence-corrected chi connectivity index (χ1v) is 9.32. The van der Waals surface area contributed by atoms with Gasteiger partial charge in [-0.2, -0.15) is 0 Å². The Hall–Kier alpha value is -0.770. The van der Waals surface area contributed by atoms with Crippen LogP contribution in [0, 0.1) is 5.92 Å². The second-order valence-electron chi connectivity index (χ2n) is 7.22. The number of ether oxygens (including phenoxy) is 2. The fourth-order valence-electron chi connectivity index (χ4n) is 3.84. The summed E-state index contributed by atoms with van der Waals surface area (Å²) in [4.78, 5) is 2.31. The molecule has 2 aliphatic rings. The third kappa shape index (κ3) is 5.94. The molecule has 1 aliphatic heterocycles. The number of likely N-dealkylation sites (N-methyl/N-ethyl adjacent to an activating group) is 1. The van der Waals surface area contributed by atoms with Crippen molar-refractivity contribution in [1.82, 2.24) is 4.90 Å². The zero-order valence-electron chi connectivity index (χ0n) is 14.9. The molecule has 1 saturated heterocycles. The summed E-state index contributed by atoms with van der Waals surface area (Å²) in [6.45, 7) is 3.46. The number of nitrogens with zero attached hydrogens (tertiary/aromatic N) is 1. The minimum absolute atomic E-state index is 0. The smallest absolute Gasteiger partial charge is 0.122 e. The normalized spacial score (nSPS) is 22.8. The molecule has 0 N–H and O–H groups in total. The summed E-state index contributed by atoms with van der Waals surface area (Å²) in [6, 6.07) is 8.55. The molecule has 2 fully saturated rings. The third-order valence-electron chi connectivity index (χ3n) is 5.29. The van der Waals surface area contributed by atoms with Crippen LogP contribution in [0.15, 0.2) is 24.3 Å². The Morgan fingerprint density at radius 2 is 1.96 bits per heavy atom. The highest BCUT2D eigenvalue weighted by Gasteiger charge is 2.19. The van der Waals surface area contributed by atoms with E-state index in [0.29, 0.717) is 6.61 Å². The van der Waals surface area contributed by atoms with Crippen molar-refractivity contribution in [2.45, 2.75) is 51.0 Å². The summed E-state index contributed by atoms with van der Waals surface area (Å²) >= 11 is 0. The summed E-state index contributed by atoms with van der Waals surface area (Å²) in [5, 5.41) is 0. The number of hydrogen-bond acceptors (Lipinski definition) is 3. The van der Waals surface area contributed by atoms with E-state index in [1.807, 2.05) is 0 Å². The minimum atomic E-state index is 0. The molecule has 1 heterocycles. The van der Waals surface area contributed by atoms with Gasteiger partial charge < -0.3 is 14.4 Å². The minimum Gasteiger partial charge on any atom is -0.491 e. The Morgan fingerprint density at radius 1 is 1.17 bits per heavy atom. The molecule has 1 unspecified atom stereocenters. The molecule has 0 spiro atoms. The van der Waals surface area contributed by atoms with Crippen molar-refractivity contribution in [3.05, 3.63) is 29.8 Å². The summed E-state index contributed by atoms with van der Waals surface area (Å²) < 4.78 is 11.9. The van der Waals surface area contributed by atoms with Crippen LogP contribution in [0.25, 0.3) is 0 Å². The quantitative estimate of drug-likeness (QED) is 0.759. The Balaban J connectivity index is 0.00000208. The van der Waals surface area contributed by atoms with Gasteiger partial charge in [0.15, 0.2) is 0 Å². The first-order chi connectivity index (χ1) is 11.3. The summed E-state index contributed by atoms with van der Waals surface area (Å²) in [6.07, 6.45) is 9.78. The van der Waals surface area contributed by atoms with E-state index < -0.39 is 0 Å². The molecule has 0 amide bonds. The van der Waals surface area contributed by atoms with E-state index in [4.69, 9.17) is 9.47 Å². The number of rotatable bonds is 6. The summed E-state index contributed by atoms with van der Waals surface area (Å²) in [7, 11) is 2.15. The predicted molar refractivity (Wildman–Crippen MR) is 101 cm³/mol. The Bertz CT molecular complexity index is 476. The molecule has 0 radical (unpaired) electrons. The highest BCUT2D eigenvalue weighted by atomic mass is 35.5. The van der Waals surface area contributed by atoms with Gasteiger partial charge in [0.2, 0.25) is 0 Å². The zero-order valence-corrected chi connectivity index (χ0v) is 15.7. The van der Waals surface area contributed by atoms with E-state index in [1.165, 1.54) is 44.1 Å². The van der Waals surface area contributed by atoms with E-state index in [1.54, 1.807) is 0 Å². The SMILES string of the molecule is CN1CCOC(COc2ccccc2CCC2CCCCC2)C1.Cl. The van der Waals surface area contributed by atoms with Crippen LogP contribution in [-0.4, -0.2) is 44.4 Å². The number of para-hydroxylation sites is 1. The van der Waals surface area contributed by atoms with Crippen LogP contribution in [-0.2, 0) is 11.2 Å². The Kier molecular flexibility index (Phi) is 8.37. The van der Waals surface area contributed by atoms with Crippen molar-refractivity contribution in [3.63, 3.8) is 0 Å². The molecule has 24 heavy (non-hydrogen) atoms. The molecular weight excluding hydrogens is 322 g/mol. The average molecular weight is 354 g/mol.